The van der Waals surface area contributed by atoms with E-state index in [-0.39, 0.29) is 32.2 Å². The lowest BCUT2D eigenvalue weighted by Crippen LogP contribution is -2.44. The lowest BCUT2D eigenvalue weighted by atomic mass is 10.0. The van der Waals surface area contributed by atoms with Crippen LogP contribution in [0.2, 0.25) is 0 Å². The molecular weight excluding hydrogens is 971 g/mol. The van der Waals surface area contributed by atoms with Crippen molar-refractivity contribution in [2.45, 2.75) is 341 Å². The van der Waals surface area contributed by atoms with Crippen LogP contribution in [-0.2, 0) is 33.3 Å². The lowest BCUT2D eigenvalue weighted by Gasteiger charge is -2.26. The van der Waals surface area contributed by atoms with Gasteiger partial charge < -0.3 is 33.3 Å². The third-order valence-electron chi connectivity index (χ3n) is 15.1. The zero-order valence-electron chi connectivity index (χ0n) is 52.3. The van der Waals surface area contributed by atoms with E-state index in [4.69, 9.17) is 18.9 Å². The fourth-order valence-electron chi connectivity index (χ4n) is 9.96. The Morgan fingerprint density at radius 1 is 0.385 bits per heavy atom. The van der Waals surface area contributed by atoms with E-state index < -0.39 is 24.3 Å². The monoisotopic (exact) mass is 1100 g/mol. The number of aliphatic carboxylic acids is 1. The van der Waals surface area contributed by atoms with Crippen LogP contribution in [0.5, 0.6) is 0 Å². The van der Waals surface area contributed by atoms with E-state index >= 15 is 0 Å². The molecule has 2 atom stereocenters. The summed E-state index contributed by atoms with van der Waals surface area (Å²) in [5, 5.41) is 11.8. The van der Waals surface area contributed by atoms with Gasteiger partial charge in [-0.25, -0.2) is 0 Å². The fourth-order valence-corrected chi connectivity index (χ4v) is 9.96. The standard InChI is InChI=1S/C69H129NO8/c1-6-8-10-12-14-16-18-20-22-23-24-25-26-27-28-29-30-31-32-33-34-35-36-37-38-39-40-41-42-43-44-45-46-48-50-52-54-56-58-60-67(72)78-65(64-77-69(68(73)74)75-62-61-70(3,4)5)63-76-66(71)59-57-55-53-51-49-47-21-19-17-15-13-11-9-7-2/h18,20,23-24,26-27,65,69H,6-17,19,21-22,25,28-64H2,1-5H3/b20-18-,24-23-,27-26-. The van der Waals surface area contributed by atoms with Crippen molar-refractivity contribution in [3.05, 3.63) is 36.5 Å². The number of rotatable bonds is 63. The molecule has 0 saturated heterocycles. The summed E-state index contributed by atoms with van der Waals surface area (Å²) in [7, 11) is 5.94. The number of carboxylic acid groups (broad SMARTS) is 1. The summed E-state index contributed by atoms with van der Waals surface area (Å²) in [5.41, 5.74) is 0. The minimum atomic E-state index is -1.62. The van der Waals surface area contributed by atoms with Crippen LogP contribution in [0.1, 0.15) is 328 Å². The minimum Gasteiger partial charge on any atom is -0.545 e. The highest BCUT2D eigenvalue weighted by Gasteiger charge is 2.22. The molecular formula is C69H129NO8. The van der Waals surface area contributed by atoms with Gasteiger partial charge in [-0.15, -0.1) is 0 Å². The second-order valence-corrected chi connectivity index (χ2v) is 24.1. The molecule has 9 nitrogen and oxygen atoms in total. The van der Waals surface area contributed by atoms with Crippen LogP contribution < -0.4 is 5.11 Å². The molecule has 2 unspecified atom stereocenters. The second kappa shape index (κ2) is 60.6. The number of hydrogen-bond acceptors (Lipinski definition) is 8. The van der Waals surface area contributed by atoms with Crippen molar-refractivity contribution in [1.82, 2.24) is 0 Å². The van der Waals surface area contributed by atoms with Crippen LogP contribution in [0.25, 0.3) is 0 Å². The summed E-state index contributed by atoms with van der Waals surface area (Å²) in [6.45, 7) is 4.78. The molecule has 0 fully saturated rings. The Labute approximate surface area is 483 Å². The molecule has 0 N–H and O–H groups in total. The number of ether oxygens (including phenoxy) is 4. The average molecular weight is 1100 g/mol. The second-order valence-electron chi connectivity index (χ2n) is 24.1. The third kappa shape index (κ3) is 61.1. The Balaban J connectivity index is 3.93. The van der Waals surface area contributed by atoms with Gasteiger partial charge in [-0.3, -0.25) is 9.59 Å². The van der Waals surface area contributed by atoms with Gasteiger partial charge in [-0.1, -0.05) is 301 Å². The van der Waals surface area contributed by atoms with E-state index in [0.717, 1.165) is 51.4 Å². The van der Waals surface area contributed by atoms with E-state index in [2.05, 4.69) is 50.3 Å². The Hall–Kier alpha value is -2.49. The third-order valence-corrected chi connectivity index (χ3v) is 15.1. The molecule has 0 saturated carbocycles. The molecule has 0 radical (unpaired) electrons. The van der Waals surface area contributed by atoms with Gasteiger partial charge in [0, 0.05) is 12.8 Å². The van der Waals surface area contributed by atoms with Crippen LogP contribution >= 0.6 is 0 Å². The zero-order valence-corrected chi connectivity index (χ0v) is 52.3. The SMILES string of the molecule is CCCCCCC/C=C\C/C=C\C/C=C\CCCCCCCCCCCCCCCCCCCCCCCCCCC(=O)OC(COC(=O)CCCCCCCCCCCCCCCC)COC(OCC[N+](C)(C)C)C(=O)[O-]. The summed E-state index contributed by atoms with van der Waals surface area (Å²) >= 11 is 0. The van der Waals surface area contributed by atoms with E-state index in [0.29, 0.717) is 17.4 Å². The largest absolute Gasteiger partial charge is 0.545 e. The first-order valence-corrected chi connectivity index (χ1v) is 33.6. The number of allylic oxidation sites excluding steroid dienone is 6. The van der Waals surface area contributed by atoms with E-state index in [1.54, 1.807) is 0 Å². The summed E-state index contributed by atoms with van der Waals surface area (Å²) in [6, 6.07) is 0. The average Bonchev–Trinajstić information content (AvgIpc) is 3.41. The maximum atomic E-state index is 12.9. The minimum absolute atomic E-state index is 0.151. The molecule has 0 amide bonds. The maximum absolute atomic E-state index is 12.9. The summed E-state index contributed by atoms with van der Waals surface area (Å²) in [4.78, 5) is 37.3. The summed E-state index contributed by atoms with van der Waals surface area (Å²) < 4.78 is 22.7. The van der Waals surface area contributed by atoms with Crippen molar-refractivity contribution < 1.29 is 42.9 Å². The number of likely N-dealkylation sites (N-methyl/N-ethyl adjacent to an activating group) is 1. The first-order chi connectivity index (χ1) is 38.1. The number of hydrogen-bond donors (Lipinski definition) is 0. The van der Waals surface area contributed by atoms with E-state index in [1.165, 1.54) is 250 Å². The molecule has 9 heteroatoms. The molecule has 0 aliphatic rings. The van der Waals surface area contributed by atoms with Gasteiger partial charge in [-0.2, -0.15) is 0 Å². The molecule has 0 rings (SSSR count). The summed E-state index contributed by atoms with van der Waals surface area (Å²) in [6.07, 6.45) is 72.4. The quantitative estimate of drug-likeness (QED) is 0.0195. The number of esters is 2. The van der Waals surface area contributed by atoms with Crippen molar-refractivity contribution in [2.75, 3.05) is 47.5 Å². The first-order valence-electron chi connectivity index (χ1n) is 33.6. The Morgan fingerprint density at radius 2 is 0.692 bits per heavy atom. The Kier molecular flexibility index (Phi) is 58.7. The van der Waals surface area contributed by atoms with Gasteiger partial charge in [0.2, 0.25) is 0 Å². The van der Waals surface area contributed by atoms with Crippen LogP contribution in [0.15, 0.2) is 36.5 Å². The molecule has 0 bridgehead atoms. The lowest BCUT2D eigenvalue weighted by molar-refractivity contribution is -0.870. The first kappa shape index (κ1) is 75.5. The molecule has 0 spiro atoms. The van der Waals surface area contributed by atoms with Crippen LogP contribution in [0.4, 0.5) is 0 Å². The normalized spacial score (nSPS) is 12.9. The highest BCUT2D eigenvalue weighted by atomic mass is 16.7. The van der Waals surface area contributed by atoms with Gasteiger partial charge in [0.25, 0.3) is 0 Å². The predicted molar refractivity (Wildman–Crippen MR) is 329 cm³/mol. The molecule has 0 heterocycles. The predicted octanol–water partition coefficient (Wildman–Crippen LogP) is 19.1. The molecule has 0 aromatic heterocycles. The number of carboxylic acids is 1. The van der Waals surface area contributed by atoms with Gasteiger partial charge in [0.1, 0.15) is 13.2 Å². The Bertz CT molecular complexity index is 1370. The van der Waals surface area contributed by atoms with Crippen molar-refractivity contribution >= 4 is 17.9 Å². The van der Waals surface area contributed by atoms with Crippen molar-refractivity contribution in [3.8, 4) is 0 Å². The number of quaternary nitrogens is 1. The highest BCUT2D eigenvalue weighted by molar-refractivity contribution is 5.70. The number of nitrogens with zero attached hydrogens (tertiary/aromatic N) is 1. The van der Waals surface area contributed by atoms with Gasteiger partial charge in [0.05, 0.1) is 40.3 Å². The molecule has 0 aliphatic heterocycles. The Morgan fingerprint density at radius 3 is 1.03 bits per heavy atom. The van der Waals surface area contributed by atoms with E-state index in [9.17, 15) is 19.5 Å². The number of carbonyl (C=O) groups is 3. The highest BCUT2D eigenvalue weighted by Crippen LogP contribution is 2.18. The molecule has 0 aromatic rings. The van der Waals surface area contributed by atoms with Gasteiger partial charge >= 0.3 is 11.9 Å². The zero-order chi connectivity index (χ0) is 56.9. The van der Waals surface area contributed by atoms with Gasteiger partial charge in [0.15, 0.2) is 12.4 Å². The molecule has 458 valence electrons. The molecule has 0 aliphatic carbocycles. The summed E-state index contributed by atoms with van der Waals surface area (Å²) in [5.74, 6) is -2.26. The van der Waals surface area contributed by atoms with E-state index in [1.807, 2.05) is 21.1 Å². The number of carbonyl (C=O) groups excluding carboxylic acids is 3. The molecule has 0 aromatic carbocycles. The number of unbranched alkanes of at least 4 members (excludes halogenated alkanes) is 42. The van der Waals surface area contributed by atoms with Crippen LogP contribution in [-0.4, -0.2) is 82.3 Å². The van der Waals surface area contributed by atoms with Crippen LogP contribution in [0, 0.1) is 0 Å². The van der Waals surface area contributed by atoms with Crippen LogP contribution in [0.3, 0.4) is 0 Å². The maximum Gasteiger partial charge on any atom is 0.306 e. The van der Waals surface area contributed by atoms with Gasteiger partial charge in [-0.05, 0) is 51.4 Å². The topological polar surface area (TPSA) is 111 Å². The van der Waals surface area contributed by atoms with Crippen molar-refractivity contribution in [3.63, 3.8) is 0 Å². The van der Waals surface area contributed by atoms with Crippen molar-refractivity contribution in [1.29, 1.82) is 0 Å². The molecule has 78 heavy (non-hydrogen) atoms. The van der Waals surface area contributed by atoms with Crippen molar-refractivity contribution in [2.24, 2.45) is 0 Å². The fraction of sp³-hybridized carbons (Fsp3) is 0.870. The smallest absolute Gasteiger partial charge is 0.306 e.